The molecular weight excluding hydrogens is 212 g/mol. The van der Waals surface area contributed by atoms with Crippen LogP contribution >= 0.6 is 0 Å². The van der Waals surface area contributed by atoms with E-state index in [2.05, 4.69) is 0 Å². The zero-order chi connectivity index (χ0) is 12.6. The summed E-state index contributed by atoms with van der Waals surface area (Å²) >= 11 is 0. The Labute approximate surface area is 94.5 Å². The highest BCUT2D eigenvalue weighted by molar-refractivity contribution is 5.78. The van der Waals surface area contributed by atoms with Gasteiger partial charge in [-0.25, -0.2) is 8.78 Å². The lowest BCUT2D eigenvalue weighted by atomic mass is 10.3. The molecule has 0 spiro atoms. The van der Waals surface area contributed by atoms with Gasteiger partial charge in [0, 0.05) is 5.92 Å². The molecule has 1 aliphatic carbocycles. The Hall–Kier alpha value is -1.45. The molecule has 1 amide bonds. The van der Waals surface area contributed by atoms with Crippen LogP contribution in [0.1, 0.15) is 26.7 Å². The number of amides is 1. The first-order valence-corrected chi connectivity index (χ1v) is 5.30. The Morgan fingerprint density at radius 2 is 1.56 bits per heavy atom. The Morgan fingerprint density at radius 3 is 1.69 bits per heavy atom. The van der Waals surface area contributed by atoms with Gasteiger partial charge >= 0.3 is 0 Å². The first-order valence-electron chi connectivity index (χ1n) is 5.30. The summed E-state index contributed by atoms with van der Waals surface area (Å²) in [5.41, 5.74) is 4.86. The second-order valence-corrected chi connectivity index (χ2v) is 3.09. The summed E-state index contributed by atoms with van der Waals surface area (Å²) in [6.07, 6.45) is 2.05. The van der Waals surface area contributed by atoms with Gasteiger partial charge in [0.2, 0.25) is 5.91 Å². The van der Waals surface area contributed by atoms with Crippen LogP contribution in [-0.2, 0) is 4.79 Å². The van der Waals surface area contributed by atoms with Crippen molar-refractivity contribution < 1.29 is 13.6 Å². The fourth-order valence-electron chi connectivity index (χ4n) is 0.807. The van der Waals surface area contributed by atoms with Crippen molar-refractivity contribution >= 4 is 5.91 Å². The second-order valence-electron chi connectivity index (χ2n) is 3.09. The van der Waals surface area contributed by atoms with Gasteiger partial charge in [0.25, 0.3) is 0 Å². The molecule has 16 heavy (non-hydrogen) atoms. The van der Waals surface area contributed by atoms with E-state index >= 15 is 0 Å². The first-order chi connectivity index (χ1) is 7.61. The molecule has 0 aliphatic heterocycles. The van der Waals surface area contributed by atoms with Gasteiger partial charge in [-0.15, -0.1) is 0 Å². The van der Waals surface area contributed by atoms with E-state index in [1.165, 1.54) is 12.1 Å². The number of rotatable bonds is 1. The topological polar surface area (TPSA) is 43.1 Å². The molecule has 0 bridgehead atoms. The molecule has 1 aromatic carbocycles. The number of hydrogen-bond donors (Lipinski definition) is 1. The van der Waals surface area contributed by atoms with Crippen LogP contribution in [-0.4, -0.2) is 5.91 Å². The number of benzene rings is 1. The molecule has 4 heteroatoms. The van der Waals surface area contributed by atoms with Crippen molar-refractivity contribution in [2.45, 2.75) is 26.7 Å². The SMILES string of the molecule is CC.Fc1ccccc1F.NC(=O)C1CC1. The first kappa shape index (κ1) is 14.6. The predicted octanol–water partition coefficient (Wildman–Crippen LogP) is 2.87. The molecule has 0 radical (unpaired) electrons. The van der Waals surface area contributed by atoms with Crippen LogP contribution in [0.15, 0.2) is 24.3 Å². The van der Waals surface area contributed by atoms with E-state index in [-0.39, 0.29) is 11.8 Å². The molecule has 0 atom stereocenters. The van der Waals surface area contributed by atoms with Crippen LogP contribution in [0.2, 0.25) is 0 Å². The molecule has 1 aliphatic rings. The Balaban J connectivity index is 0.000000251. The molecule has 0 unspecified atom stereocenters. The zero-order valence-corrected chi connectivity index (χ0v) is 9.54. The standard InChI is InChI=1S/C6H4F2.C4H7NO.C2H6/c7-5-3-1-2-4-6(5)8;5-4(6)3-1-2-3;1-2/h1-4H;3H,1-2H2,(H2,5,6);1-2H3. The van der Waals surface area contributed by atoms with E-state index in [1.807, 2.05) is 13.8 Å². The Morgan fingerprint density at radius 1 is 1.19 bits per heavy atom. The minimum Gasteiger partial charge on any atom is -0.369 e. The zero-order valence-electron chi connectivity index (χ0n) is 9.54. The van der Waals surface area contributed by atoms with Crippen molar-refractivity contribution in [3.63, 3.8) is 0 Å². The van der Waals surface area contributed by atoms with E-state index in [0.717, 1.165) is 25.0 Å². The van der Waals surface area contributed by atoms with Crippen LogP contribution < -0.4 is 5.73 Å². The molecule has 90 valence electrons. The molecule has 2 rings (SSSR count). The van der Waals surface area contributed by atoms with Gasteiger partial charge < -0.3 is 5.73 Å². The lowest BCUT2D eigenvalue weighted by Crippen LogP contribution is -2.11. The molecule has 1 aromatic rings. The minimum atomic E-state index is -0.799. The summed E-state index contributed by atoms with van der Waals surface area (Å²) in [5, 5.41) is 0. The van der Waals surface area contributed by atoms with E-state index in [1.54, 1.807) is 0 Å². The number of halogens is 2. The average molecular weight is 229 g/mol. The van der Waals surface area contributed by atoms with Crippen molar-refractivity contribution in [3.8, 4) is 0 Å². The van der Waals surface area contributed by atoms with Crippen molar-refractivity contribution in [1.29, 1.82) is 0 Å². The van der Waals surface area contributed by atoms with E-state index in [9.17, 15) is 13.6 Å². The molecule has 1 saturated carbocycles. The Bertz CT molecular complexity index is 304. The van der Waals surface area contributed by atoms with Crippen molar-refractivity contribution in [2.75, 3.05) is 0 Å². The Kier molecular flexibility index (Phi) is 7.09. The van der Waals surface area contributed by atoms with Crippen LogP contribution in [0.5, 0.6) is 0 Å². The van der Waals surface area contributed by atoms with Gasteiger partial charge in [0.05, 0.1) is 0 Å². The van der Waals surface area contributed by atoms with E-state index in [4.69, 9.17) is 5.73 Å². The molecule has 0 aromatic heterocycles. The number of carbonyl (C=O) groups is 1. The largest absolute Gasteiger partial charge is 0.369 e. The maximum atomic E-state index is 11.9. The monoisotopic (exact) mass is 229 g/mol. The highest BCUT2D eigenvalue weighted by Gasteiger charge is 2.26. The lowest BCUT2D eigenvalue weighted by molar-refractivity contribution is -0.119. The fraction of sp³-hybridized carbons (Fsp3) is 0.417. The van der Waals surface area contributed by atoms with Crippen molar-refractivity contribution in [1.82, 2.24) is 0 Å². The lowest BCUT2D eigenvalue weighted by Gasteiger charge is -1.85. The maximum Gasteiger partial charge on any atom is 0.220 e. The van der Waals surface area contributed by atoms with E-state index < -0.39 is 11.6 Å². The average Bonchev–Trinajstić information content (AvgIpc) is 3.10. The number of nitrogens with two attached hydrogens (primary N) is 1. The van der Waals surface area contributed by atoms with Crippen molar-refractivity contribution in [2.24, 2.45) is 11.7 Å². The van der Waals surface area contributed by atoms with Crippen LogP contribution in [0.4, 0.5) is 8.78 Å². The molecular formula is C12H17F2NO. The smallest absolute Gasteiger partial charge is 0.220 e. The minimum absolute atomic E-state index is 0.130. The van der Waals surface area contributed by atoms with Crippen molar-refractivity contribution in [3.05, 3.63) is 35.9 Å². The number of hydrogen-bond acceptors (Lipinski definition) is 1. The summed E-state index contributed by atoms with van der Waals surface area (Å²) in [5.74, 6) is -1.49. The molecule has 2 N–H and O–H groups in total. The number of carbonyl (C=O) groups excluding carboxylic acids is 1. The normalized spacial score (nSPS) is 12.8. The molecule has 0 saturated heterocycles. The van der Waals surface area contributed by atoms with Gasteiger partial charge in [-0.1, -0.05) is 26.0 Å². The molecule has 1 fully saturated rings. The van der Waals surface area contributed by atoms with E-state index in [0.29, 0.717) is 0 Å². The summed E-state index contributed by atoms with van der Waals surface area (Å²) in [6.45, 7) is 4.00. The van der Waals surface area contributed by atoms with Crippen LogP contribution in [0.3, 0.4) is 0 Å². The highest BCUT2D eigenvalue weighted by atomic mass is 19.2. The van der Waals surface area contributed by atoms with Gasteiger partial charge in [0.1, 0.15) is 0 Å². The third-order valence-corrected chi connectivity index (χ3v) is 1.80. The van der Waals surface area contributed by atoms with Gasteiger partial charge in [-0.05, 0) is 25.0 Å². The predicted molar refractivity (Wildman–Crippen MR) is 59.6 cm³/mol. The number of primary amides is 1. The fourth-order valence-corrected chi connectivity index (χ4v) is 0.807. The summed E-state index contributed by atoms with van der Waals surface area (Å²) in [7, 11) is 0. The second kappa shape index (κ2) is 7.79. The van der Waals surface area contributed by atoms with Crippen LogP contribution in [0, 0.1) is 17.6 Å². The van der Waals surface area contributed by atoms with Crippen LogP contribution in [0.25, 0.3) is 0 Å². The summed E-state index contributed by atoms with van der Waals surface area (Å²) in [6, 6.07) is 5.04. The van der Waals surface area contributed by atoms with Gasteiger partial charge in [-0.2, -0.15) is 0 Å². The summed E-state index contributed by atoms with van der Waals surface area (Å²) in [4.78, 5) is 9.98. The quantitative estimate of drug-likeness (QED) is 0.790. The highest BCUT2D eigenvalue weighted by Crippen LogP contribution is 2.27. The molecule has 2 nitrogen and oxygen atoms in total. The third-order valence-electron chi connectivity index (χ3n) is 1.80. The summed E-state index contributed by atoms with van der Waals surface area (Å²) < 4.78 is 23.9. The molecule has 0 heterocycles. The van der Waals surface area contributed by atoms with Gasteiger partial charge in [-0.3, -0.25) is 4.79 Å². The maximum absolute atomic E-state index is 11.9. The third kappa shape index (κ3) is 6.11. The van der Waals surface area contributed by atoms with Gasteiger partial charge in [0.15, 0.2) is 11.6 Å².